The number of nitrogens with one attached hydrogen (secondary N) is 1. The third kappa shape index (κ3) is 2.95. The van der Waals surface area contributed by atoms with Crippen molar-refractivity contribution in [1.82, 2.24) is 14.9 Å². The van der Waals surface area contributed by atoms with Crippen molar-refractivity contribution in [1.29, 1.82) is 0 Å². The predicted molar refractivity (Wildman–Crippen MR) is 69.7 cm³/mol. The third-order valence-corrected chi connectivity index (χ3v) is 3.96. The van der Waals surface area contributed by atoms with Gasteiger partial charge in [0, 0.05) is 24.1 Å². The highest BCUT2D eigenvalue weighted by molar-refractivity contribution is 7.99. The lowest BCUT2D eigenvalue weighted by molar-refractivity contribution is -0.127. The molecular weight excluding hydrogens is 268 g/mol. The van der Waals surface area contributed by atoms with Gasteiger partial charge in [-0.2, -0.15) is 0 Å². The summed E-state index contributed by atoms with van der Waals surface area (Å²) in [7, 11) is 0. The van der Waals surface area contributed by atoms with Gasteiger partial charge in [0.25, 0.3) is 5.56 Å². The zero-order valence-electron chi connectivity index (χ0n) is 10.4. The third-order valence-electron chi connectivity index (χ3n) is 2.81. The molecule has 1 aromatic rings. The van der Waals surface area contributed by atoms with Crippen LogP contribution in [0.5, 0.6) is 0 Å². The van der Waals surface area contributed by atoms with Gasteiger partial charge in [-0.05, 0) is 6.92 Å². The van der Waals surface area contributed by atoms with Crippen molar-refractivity contribution in [3.05, 3.63) is 22.1 Å². The van der Waals surface area contributed by atoms with Gasteiger partial charge in [0.1, 0.15) is 0 Å². The second kappa shape index (κ2) is 5.43. The number of primary amides is 1. The van der Waals surface area contributed by atoms with E-state index in [-0.39, 0.29) is 30.5 Å². The Balaban J connectivity index is 2.13. The fourth-order valence-corrected chi connectivity index (χ4v) is 2.83. The summed E-state index contributed by atoms with van der Waals surface area (Å²) >= 11 is 1.36. The van der Waals surface area contributed by atoms with Crippen LogP contribution in [0.25, 0.3) is 0 Å². The topological polar surface area (TPSA) is 107 Å². The molecule has 3 N–H and O–H groups in total. The average Bonchev–Trinajstić information content (AvgIpc) is 2.40. The van der Waals surface area contributed by atoms with Crippen molar-refractivity contribution in [2.24, 2.45) is 11.7 Å². The molecule has 7 nitrogen and oxygen atoms in total. The molecular formula is C11H14N4O3S. The number of rotatable bonds is 3. The van der Waals surface area contributed by atoms with Crippen molar-refractivity contribution in [2.45, 2.75) is 18.6 Å². The van der Waals surface area contributed by atoms with Gasteiger partial charge in [-0.25, -0.2) is 4.98 Å². The quantitative estimate of drug-likeness (QED) is 0.683. The first-order valence-corrected chi connectivity index (χ1v) is 6.73. The SMILES string of the molecule is Cc1cnc2n(c1=O)CC(C(=O)NCC(N)=O)CS2. The minimum atomic E-state index is -0.591. The van der Waals surface area contributed by atoms with Gasteiger partial charge < -0.3 is 11.1 Å². The van der Waals surface area contributed by atoms with Crippen LogP contribution in [0.4, 0.5) is 0 Å². The smallest absolute Gasteiger partial charge is 0.257 e. The molecule has 0 aromatic carbocycles. The van der Waals surface area contributed by atoms with Crippen LogP contribution in [0.1, 0.15) is 5.56 Å². The van der Waals surface area contributed by atoms with Crippen molar-refractivity contribution in [2.75, 3.05) is 12.3 Å². The Morgan fingerprint density at radius 1 is 1.63 bits per heavy atom. The summed E-state index contributed by atoms with van der Waals surface area (Å²) in [6.07, 6.45) is 1.54. The molecule has 2 rings (SSSR count). The lowest BCUT2D eigenvalue weighted by Gasteiger charge is -2.24. The Kier molecular flexibility index (Phi) is 3.89. The molecule has 19 heavy (non-hydrogen) atoms. The van der Waals surface area contributed by atoms with E-state index in [0.29, 0.717) is 16.5 Å². The molecule has 0 bridgehead atoms. The number of carbonyl (C=O) groups excluding carboxylic acids is 2. The van der Waals surface area contributed by atoms with Gasteiger partial charge in [-0.1, -0.05) is 11.8 Å². The van der Waals surface area contributed by atoms with E-state index in [9.17, 15) is 14.4 Å². The fourth-order valence-electron chi connectivity index (χ4n) is 1.78. The van der Waals surface area contributed by atoms with Gasteiger partial charge in [-0.3, -0.25) is 19.0 Å². The van der Waals surface area contributed by atoms with E-state index < -0.39 is 5.91 Å². The van der Waals surface area contributed by atoms with E-state index in [1.807, 2.05) is 0 Å². The highest BCUT2D eigenvalue weighted by atomic mass is 32.2. The molecule has 0 saturated heterocycles. The van der Waals surface area contributed by atoms with Crippen LogP contribution in [-0.2, 0) is 16.1 Å². The van der Waals surface area contributed by atoms with Crippen LogP contribution >= 0.6 is 11.8 Å². The Hall–Kier alpha value is -1.83. The maximum absolute atomic E-state index is 12.0. The first kappa shape index (κ1) is 13.6. The Bertz CT molecular complexity index is 584. The van der Waals surface area contributed by atoms with Crippen molar-refractivity contribution < 1.29 is 9.59 Å². The molecule has 0 spiro atoms. The van der Waals surface area contributed by atoms with Crippen molar-refractivity contribution >= 4 is 23.6 Å². The number of nitrogens with zero attached hydrogens (tertiary/aromatic N) is 2. The zero-order valence-corrected chi connectivity index (χ0v) is 11.2. The lowest BCUT2D eigenvalue weighted by Crippen LogP contribution is -2.42. The number of carbonyl (C=O) groups is 2. The number of thioether (sulfide) groups is 1. The first-order chi connectivity index (χ1) is 8.99. The van der Waals surface area contributed by atoms with Crippen LogP contribution in [0.2, 0.25) is 0 Å². The second-order valence-corrected chi connectivity index (χ2v) is 5.32. The van der Waals surface area contributed by atoms with E-state index >= 15 is 0 Å². The summed E-state index contributed by atoms with van der Waals surface area (Å²) in [5, 5.41) is 3.07. The predicted octanol–water partition coefficient (Wildman–Crippen LogP) is -1.12. The summed E-state index contributed by atoms with van der Waals surface area (Å²) in [6.45, 7) is 1.78. The molecule has 102 valence electrons. The maximum atomic E-state index is 12.0. The lowest BCUT2D eigenvalue weighted by atomic mass is 10.1. The molecule has 2 heterocycles. The number of aryl methyl sites for hydroxylation is 1. The zero-order chi connectivity index (χ0) is 14.0. The number of nitrogens with two attached hydrogens (primary N) is 1. The Morgan fingerprint density at radius 2 is 2.37 bits per heavy atom. The van der Waals surface area contributed by atoms with Gasteiger partial charge >= 0.3 is 0 Å². The Labute approximate surface area is 113 Å². The Morgan fingerprint density at radius 3 is 3.05 bits per heavy atom. The van der Waals surface area contributed by atoms with Gasteiger partial charge in [-0.15, -0.1) is 0 Å². The molecule has 0 aliphatic carbocycles. The number of aromatic nitrogens is 2. The number of hydrogen-bond donors (Lipinski definition) is 2. The fraction of sp³-hybridized carbons (Fsp3) is 0.455. The van der Waals surface area contributed by atoms with Crippen LogP contribution in [0.15, 0.2) is 16.1 Å². The molecule has 1 aliphatic rings. The van der Waals surface area contributed by atoms with Gasteiger partial charge in [0.2, 0.25) is 11.8 Å². The highest BCUT2D eigenvalue weighted by Gasteiger charge is 2.26. The summed E-state index contributed by atoms with van der Waals surface area (Å²) in [4.78, 5) is 38.6. The van der Waals surface area contributed by atoms with E-state index in [4.69, 9.17) is 5.73 Å². The highest BCUT2D eigenvalue weighted by Crippen LogP contribution is 2.24. The van der Waals surface area contributed by atoms with Crippen molar-refractivity contribution in [3.8, 4) is 0 Å². The first-order valence-electron chi connectivity index (χ1n) is 5.74. The second-order valence-electron chi connectivity index (χ2n) is 4.33. The van der Waals surface area contributed by atoms with Crippen LogP contribution < -0.4 is 16.6 Å². The summed E-state index contributed by atoms with van der Waals surface area (Å²) < 4.78 is 1.50. The van der Waals surface area contributed by atoms with Crippen LogP contribution in [-0.4, -0.2) is 33.7 Å². The molecule has 1 unspecified atom stereocenters. The van der Waals surface area contributed by atoms with Gasteiger partial charge in [0.15, 0.2) is 5.16 Å². The molecule has 1 aliphatic heterocycles. The van der Waals surface area contributed by atoms with Gasteiger partial charge in [0.05, 0.1) is 12.5 Å². The molecule has 0 radical (unpaired) electrons. The number of hydrogen-bond acceptors (Lipinski definition) is 5. The molecule has 0 saturated carbocycles. The normalized spacial score (nSPS) is 17.6. The molecule has 2 amide bonds. The molecule has 0 fully saturated rings. The molecule has 1 atom stereocenters. The van der Waals surface area contributed by atoms with E-state index in [1.165, 1.54) is 22.5 Å². The average molecular weight is 282 g/mol. The number of fused-ring (bicyclic) bond motifs is 1. The standard InChI is InChI=1S/C11H14N4O3S/c1-6-2-14-11-15(10(6)18)4-7(5-19-11)9(17)13-3-8(12)16/h2,7H,3-5H2,1H3,(H2,12,16)(H,13,17). The summed E-state index contributed by atoms with van der Waals surface area (Å²) in [5.74, 6) is -0.699. The number of amides is 2. The molecule has 8 heteroatoms. The van der Waals surface area contributed by atoms with Crippen LogP contribution in [0.3, 0.4) is 0 Å². The minimum absolute atomic E-state index is 0.134. The largest absolute Gasteiger partial charge is 0.368 e. The van der Waals surface area contributed by atoms with Crippen LogP contribution in [0, 0.1) is 12.8 Å². The van der Waals surface area contributed by atoms with Crippen molar-refractivity contribution in [3.63, 3.8) is 0 Å². The maximum Gasteiger partial charge on any atom is 0.257 e. The molecule has 1 aromatic heterocycles. The van der Waals surface area contributed by atoms with E-state index in [0.717, 1.165) is 0 Å². The summed E-state index contributed by atoms with van der Waals surface area (Å²) in [5.41, 5.74) is 5.38. The van der Waals surface area contributed by atoms with E-state index in [1.54, 1.807) is 6.92 Å². The minimum Gasteiger partial charge on any atom is -0.368 e. The summed E-state index contributed by atoms with van der Waals surface area (Å²) in [6, 6.07) is 0. The monoisotopic (exact) mass is 282 g/mol. The van der Waals surface area contributed by atoms with E-state index in [2.05, 4.69) is 10.3 Å².